The molecular weight excluding hydrogens is 310 g/mol. The predicted molar refractivity (Wildman–Crippen MR) is 90.2 cm³/mol. The highest BCUT2D eigenvalue weighted by atomic mass is 32.1. The predicted octanol–water partition coefficient (Wildman–Crippen LogP) is 2.41. The molecule has 5 nitrogen and oxygen atoms in total. The summed E-state index contributed by atoms with van der Waals surface area (Å²) < 4.78 is 0. The van der Waals surface area contributed by atoms with Crippen LogP contribution in [0, 0.1) is 5.92 Å². The van der Waals surface area contributed by atoms with E-state index < -0.39 is 6.04 Å². The van der Waals surface area contributed by atoms with E-state index >= 15 is 0 Å². The highest BCUT2D eigenvalue weighted by molar-refractivity contribution is 7.13. The van der Waals surface area contributed by atoms with Crippen LogP contribution in [0.1, 0.15) is 24.3 Å². The van der Waals surface area contributed by atoms with Gasteiger partial charge in [0.15, 0.2) is 0 Å². The van der Waals surface area contributed by atoms with Gasteiger partial charge in [0.05, 0.1) is 0 Å². The summed E-state index contributed by atoms with van der Waals surface area (Å²) in [5.74, 6) is -0.193. The normalized spacial score (nSPS) is 18.1. The Morgan fingerprint density at radius 2 is 2.09 bits per heavy atom. The molecular formula is C17H19N3O2S. The van der Waals surface area contributed by atoms with Gasteiger partial charge in [-0.2, -0.15) is 0 Å². The zero-order valence-corrected chi connectivity index (χ0v) is 14.0. The van der Waals surface area contributed by atoms with Crippen LogP contribution in [-0.4, -0.2) is 40.8 Å². The maximum absolute atomic E-state index is 12.8. The highest BCUT2D eigenvalue weighted by Gasteiger charge is 2.36. The third-order valence-electron chi connectivity index (χ3n) is 3.89. The lowest BCUT2D eigenvalue weighted by Gasteiger charge is -2.36. The van der Waals surface area contributed by atoms with Gasteiger partial charge in [0.25, 0.3) is 5.91 Å². The van der Waals surface area contributed by atoms with Crippen molar-refractivity contribution in [1.82, 2.24) is 15.2 Å². The average Bonchev–Trinajstić information content (AvgIpc) is 3.04. The summed E-state index contributed by atoms with van der Waals surface area (Å²) in [6.07, 6.45) is 0. The number of carbonyl (C=O) groups is 2. The fraction of sp³-hybridized carbons (Fsp3) is 0.353. The second kappa shape index (κ2) is 6.50. The van der Waals surface area contributed by atoms with E-state index in [0.717, 1.165) is 10.6 Å². The summed E-state index contributed by atoms with van der Waals surface area (Å²) in [5.41, 5.74) is 1.41. The Bertz CT molecular complexity index is 712. The van der Waals surface area contributed by atoms with Crippen molar-refractivity contribution in [3.8, 4) is 10.6 Å². The molecule has 1 aromatic heterocycles. The molecule has 3 rings (SSSR count). The van der Waals surface area contributed by atoms with Gasteiger partial charge in [0.1, 0.15) is 16.7 Å². The maximum atomic E-state index is 12.8. The molecule has 0 radical (unpaired) electrons. The van der Waals surface area contributed by atoms with Gasteiger partial charge in [-0.3, -0.25) is 9.59 Å². The summed E-state index contributed by atoms with van der Waals surface area (Å²) in [6, 6.07) is 9.35. The molecule has 0 unspecified atom stereocenters. The molecule has 2 heterocycles. The molecule has 1 aromatic carbocycles. The maximum Gasteiger partial charge on any atom is 0.274 e. The second-order valence-electron chi connectivity index (χ2n) is 5.88. The number of amides is 2. The molecule has 6 heteroatoms. The summed E-state index contributed by atoms with van der Waals surface area (Å²) in [5, 5.41) is 5.42. The summed E-state index contributed by atoms with van der Waals surface area (Å²) in [4.78, 5) is 31.0. The largest absolute Gasteiger partial charge is 0.353 e. The standard InChI is InChI=1S/C17H19N3O2S/c1-11(2)14-15(21)18-8-9-20(14)17(22)13-10-23-16(19-13)12-6-4-3-5-7-12/h3-7,10-11,14H,8-9H2,1-2H3,(H,18,21)/t14-/m0/s1. The zero-order valence-electron chi connectivity index (χ0n) is 13.2. The number of rotatable bonds is 3. The van der Waals surface area contributed by atoms with Gasteiger partial charge in [0.2, 0.25) is 5.91 Å². The lowest BCUT2D eigenvalue weighted by atomic mass is 9.99. The van der Waals surface area contributed by atoms with Crippen molar-refractivity contribution < 1.29 is 9.59 Å². The fourth-order valence-corrected chi connectivity index (χ4v) is 3.61. The lowest BCUT2D eigenvalue weighted by Crippen LogP contribution is -2.59. The molecule has 0 aliphatic carbocycles. The van der Waals surface area contributed by atoms with E-state index in [1.54, 1.807) is 10.3 Å². The minimum Gasteiger partial charge on any atom is -0.353 e. The number of thiazole rings is 1. The van der Waals surface area contributed by atoms with E-state index in [-0.39, 0.29) is 17.7 Å². The van der Waals surface area contributed by atoms with Gasteiger partial charge in [-0.15, -0.1) is 11.3 Å². The molecule has 1 fully saturated rings. The van der Waals surface area contributed by atoms with Crippen LogP contribution in [0.25, 0.3) is 10.6 Å². The van der Waals surface area contributed by atoms with Gasteiger partial charge in [-0.1, -0.05) is 44.2 Å². The molecule has 1 N–H and O–H groups in total. The Kier molecular flexibility index (Phi) is 4.43. The number of piperazine rings is 1. The zero-order chi connectivity index (χ0) is 16.4. The van der Waals surface area contributed by atoms with E-state index in [2.05, 4.69) is 10.3 Å². The SMILES string of the molecule is CC(C)[C@H]1C(=O)NCCN1C(=O)c1csc(-c2ccccc2)n1. The smallest absolute Gasteiger partial charge is 0.274 e. The Hall–Kier alpha value is -2.21. The number of hydrogen-bond donors (Lipinski definition) is 1. The van der Waals surface area contributed by atoms with Gasteiger partial charge in [-0.25, -0.2) is 4.98 Å². The third kappa shape index (κ3) is 3.12. The number of benzene rings is 1. The van der Waals surface area contributed by atoms with Crippen molar-refractivity contribution >= 4 is 23.2 Å². The molecule has 0 bridgehead atoms. The van der Waals surface area contributed by atoms with Crippen molar-refractivity contribution in [2.24, 2.45) is 5.92 Å². The van der Waals surface area contributed by atoms with E-state index in [1.807, 2.05) is 44.2 Å². The van der Waals surface area contributed by atoms with Crippen LogP contribution in [-0.2, 0) is 4.79 Å². The lowest BCUT2D eigenvalue weighted by molar-refractivity contribution is -0.129. The first-order valence-corrected chi connectivity index (χ1v) is 8.55. The Balaban J connectivity index is 1.85. The Morgan fingerprint density at radius 3 is 2.78 bits per heavy atom. The topological polar surface area (TPSA) is 62.3 Å². The first kappa shape index (κ1) is 15.7. The summed E-state index contributed by atoms with van der Waals surface area (Å²) in [6.45, 7) is 4.91. The second-order valence-corrected chi connectivity index (χ2v) is 6.74. The van der Waals surface area contributed by atoms with Gasteiger partial charge < -0.3 is 10.2 Å². The van der Waals surface area contributed by atoms with E-state index in [4.69, 9.17) is 0 Å². The number of nitrogens with one attached hydrogen (secondary N) is 1. The van der Waals surface area contributed by atoms with Crippen LogP contribution >= 0.6 is 11.3 Å². The van der Waals surface area contributed by atoms with Crippen LogP contribution < -0.4 is 5.32 Å². The van der Waals surface area contributed by atoms with Gasteiger partial charge in [0, 0.05) is 24.0 Å². The molecule has 0 spiro atoms. The van der Waals surface area contributed by atoms with Crippen LogP contribution in [0.5, 0.6) is 0 Å². The highest BCUT2D eigenvalue weighted by Crippen LogP contribution is 2.25. The quantitative estimate of drug-likeness (QED) is 0.940. The van der Waals surface area contributed by atoms with E-state index in [9.17, 15) is 9.59 Å². The van der Waals surface area contributed by atoms with Crippen molar-refractivity contribution in [2.45, 2.75) is 19.9 Å². The third-order valence-corrected chi connectivity index (χ3v) is 4.78. The molecule has 1 saturated heterocycles. The number of carbonyl (C=O) groups excluding carboxylic acids is 2. The monoisotopic (exact) mass is 329 g/mol. The van der Waals surface area contributed by atoms with Crippen molar-refractivity contribution in [3.05, 3.63) is 41.4 Å². The van der Waals surface area contributed by atoms with Crippen molar-refractivity contribution in [2.75, 3.05) is 13.1 Å². The Morgan fingerprint density at radius 1 is 1.35 bits per heavy atom. The minimum atomic E-state index is -0.432. The number of hydrogen-bond acceptors (Lipinski definition) is 4. The van der Waals surface area contributed by atoms with Crippen LogP contribution in [0.4, 0.5) is 0 Å². The van der Waals surface area contributed by atoms with Gasteiger partial charge >= 0.3 is 0 Å². The van der Waals surface area contributed by atoms with Gasteiger partial charge in [-0.05, 0) is 5.92 Å². The molecule has 1 aliphatic rings. The molecule has 120 valence electrons. The van der Waals surface area contributed by atoms with E-state index in [0.29, 0.717) is 18.8 Å². The number of nitrogens with zero attached hydrogens (tertiary/aromatic N) is 2. The minimum absolute atomic E-state index is 0.0616. The average molecular weight is 329 g/mol. The van der Waals surface area contributed by atoms with E-state index in [1.165, 1.54) is 11.3 Å². The van der Waals surface area contributed by atoms with Crippen LogP contribution in [0.3, 0.4) is 0 Å². The van der Waals surface area contributed by atoms with Crippen LogP contribution in [0.15, 0.2) is 35.7 Å². The Labute approximate surface area is 139 Å². The molecule has 23 heavy (non-hydrogen) atoms. The number of aromatic nitrogens is 1. The molecule has 1 aliphatic heterocycles. The fourth-order valence-electron chi connectivity index (χ4n) is 2.81. The molecule has 0 saturated carbocycles. The first-order chi connectivity index (χ1) is 11.1. The van der Waals surface area contributed by atoms with Crippen molar-refractivity contribution in [1.29, 1.82) is 0 Å². The summed E-state index contributed by atoms with van der Waals surface area (Å²) >= 11 is 1.45. The molecule has 2 amide bonds. The first-order valence-electron chi connectivity index (χ1n) is 7.67. The van der Waals surface area contributed by atoms with Crippen LogP contribution in [0.2, 0.25) is 0 Å². The van der Waals surface area contributed by atoms with Crippen molar-refractivity contribution in [3.63, 3.8) is 0 Å². The molecule has 2 aromatic rings. The molecule has 1 atom stereocenters. The summed E-state index contributed by atoms with van der Waals surface area (Å²) in [7, 11) is 0.